The van der Waals surface area contributed by atoms with Crippen LogP contribution in [0.1, 0.15) is 77.2 Å². The molecule has 53 heavy (non-hydrogen) atoms. The van der Waals surface area contributed by atoms with Crippen molar-refractivity contribution >= 4 is 62.1 Å². The second-order valence-corrected chi connectivity index (χ2v) is 21.9. The van der Waals surface area contributed by atoms with Crippen molar-refractivity contribution in [1.82, 2.24) is 9.13 Å². The van der Waals surface area contributed by atoms with Crippen LogP contribution in [-0.4, -0.2) is 42.7 Å². The van der Waals surface area contributed by atoms with Crippen LogP contribution in [0, 0.1) is 6.92 Å². The lowest BCUT2D eigenvalue weighted by Crippen LogP contribution is -2.69. The summed E-state index contributed by atoms with van der Waals surface area (Å²) in [5.41, 5.74) is 0.0359. The summed E-state index contributed by atoms with van der Waals surface area (Å²) in [6, 6.07) is 27.9. The van der Waals surface area contributed by atoms with Gasteiger partial charge in [-0.2, -0.15) is 0 Å². The fraction of sp³-hybridized carbons (Fsp3) is 0.405. The number of aryl methyl sites for hydroxylation is 2. The Labute approximate surface area is 325 Å². The third-order valence-electron chi connectivity index (χ3n) is 10.5. The van der Waals surface area contributed by atoms with E-state index in [1.165, 1.54) is 11.3 Å². The molecule has 3 aromatic carbocycles. The Hall–Kier alpha value is -3.61. The van der Waals surface area contributed by atoms with Crippen LogP contribution in [0.5, 0.6) is 0 Å². The normalized spacial score (nSPS) is 15.1. The summed E-state index contributed by atoms with van der Waals surface area (Å²) in [4.78, 5) is 45.2. The molecular weight excluding hydrogens is 769 g/mol. The predicted octanol–water partition coefficient (Wildman–Crippen LogP) is 7.63. The Morgan fingerprint density at radius 1 is 0.925 bits per heavy atom. The third-order valence-corrected chi connectivity index (χ3v) is 17.6. The van der Waals surface area contributed by atoms with Crippen molar-refractivity contribution in [3.05, 3.63) is 126 Å². The summed E-state index contributed by atoms with van der Waals surface area (Å²) in [6.45, 7) is 14.8. The zero-order chi connectivity index (χ0) is 38.1. The molecular formula is C42H49BrN2O6SSi. The molecule has 1 aliphatic rings. The van der Waals surface area contributed by atoms with Gasteiger partial charge in [0.25, 0.3) is 5.56 Å². The van der Waals surface area contributed by atoms with Crippen LogP contribution < -0.4 is 21.6 Å². The SMILES string of the molecule is CCc1ccccc1[C@H](Cn1c(=O)n(C(C)(C)C(=O)O[Si](c2ccccc2)(c2ccccc2)C(C)(C)C)c(=O)c2c(C)c(Br)sc21)OC1CCOCC1. The third kappa shape index (κ3) is 7.30. The van der Waals surface area contributed by atoms with E-state index in [2.05, 4.69) is 55.8 Å². The lowest BCUT2D eigenvalue weighted by Gasteiger charge is -2.43. The van der Waals surface area contributed by atoms with E-state index in [9.17, 15) is 9.59 Å². The number of hydrogen-bond donors (Lipinski definition) is 0. The summed E-state index contributed by atoms with van der Waals surface area (Å²) >= 11 is 5.00. The molecule has 3 heterocycles. The number of thiophene rings is 1. The van der Waals surface area contributed by atoms with Crippen molar-refractivity contribution in [3.63, 3.8) is 0 Å². The summed E-state index contributed by atoms with van der Waals surface area (Å²) in [5.74, 6) is -0.643. The number of fused-ring (bicyclic) bond motifs is 1. The van der Waals surface area contributed by atoms with Gasteiger partial charge in [-0.1, -0.05) is 113 Å². The first-order valence-electron chi connectivity index (χ1n) is 18.3. The summed E-state index contributed by atoms with van der Waals surface area (Å²) in [6.07, 6.45) is 1.75. The first-order valence-corrected chi connectivity index (χ1v) is 21.8. The maximum Gasteiger partial charge on any atom is 0.333 e. The van der Waals surface area contributed by atoms with Crippen LogP contribution in [0.15, 0.2) is 98.3 Å². The van der Waals surface area contributed by atoms with E-state index in [-0.39, 0.29) is 12.6 Å². The van der Waals surface area contributed by atoms with Crippen molar-refractivity contribution in [2.24, 2.45) is 0 Å². The highest BCUT2D eigenvalue weighted by molar-refractivity contribution is 9.11. The molecule has 8 nitrogen and oxygen atoms in total. The van der Waals surface area contributed by atoms with E-state index >= 15 is 4.79 Å². The van der Waals surface area contributed by atoms with Crippen molar-refractivity contribution in [3.8, 4) is 0 Å². The maximum absolute atomic E-state index is 15.0. The molecule has 0 bridgehead atoms. The van der Waals surface area contributed by atoms with E-state index in [1.807, 2.05) is 79.7 Å². The molecule has 0 unspecified atom stereocenters. The van der Waals surface area contributed by atoms with Crippen molar-refractivity contribution in [2.75, 3.05) is 13.2 Å². The summed E-state index contributed by atoms with van der Waals surface area (Å²) < 4.78 is 22.9. The zero-order valence-corrected chi connectivity index (χ0v) is 35.0. The number of carbonyl (C=O) groups is 1. The molecule has 1 fully saturated rings. The highest BCUT2D eigenvalue weighted by Gasteiger charge is 2.55. The molecule has 1 atom stereocenters. The highest BCUT2D eigenvalue weighted by atomic mass is 79.9. The molecule has 5 aromatic rings. The van der Waals surface area contributed by atoms with E-state index in [4.69, 9.17) is 13.9 Å². The van der Waals surface area contributed by atoms with Gasteiger partial charge in [-0.3, -0.25) is 14.2 Å². The Bertz CT molecular complexity index is 2160. The number of benzene rings is 3. The van der Waals surface area contributed by atoms with Crippen LogP contribution in [0.25, 0.3) is 10.2 Å². The number of rotatable bonds is 11. The van der Waals surface area contributed by atoms with E-state index in [0.29, 0.717) is 29.0 Å². The lowest BCUT2D eigenvalue weighted by molar-refractivity contribution is -0.144. The highest BCUT2D eigenvalue weighted by Crippen LogP contribution is 2.39. The molecule has 2 aromatic heterocycles. The summed E-state index contributed by atoms with van der Waals surface area (Å²) in [7, 11) is -3.38. The predicted molar refractivity (Wildman–Crippen MR) is 219 cm³/mol. The minimum absolute atomic E-state index is 0.0505. The first kappa shape index (κ1) is 39.1. The lowest BCUT2D eigenvalue weighted by atomic mass is 9.99. The monoisotopic (exact) mass is 816 g/mol. The molecule has 0 aliphatic carbocycles. The molecule has 0 saturated carbocycles. The van der Waals surface area contributed by atoms with Crippen molar-refractivity contribution < 1.29 is 18.7 Å². The molecule has 6 rings (SSSR count). The molecule has 0 radical (unpaired) electrons. The minimum atomic E-state index is -3.38. The molecule has 0 amide bonds. The topological polar surface area (TPSA) is 88.8 Å². The van der Waals surface area contributed by atoms with Gasteiger partial charge in [0, 0.05) is 13.2 Å². The van der Waals surface area contributed by atoms with Gasteiger partial charge in [0.1, 0.15) is 16.5 Å². The van der Waals surface area contributed by atoms with E-state index < -0.39 is 42.2 Å². The van der Waals surface area contributed by atoms with Crippen LogP contribution in [0.3, 0.4) is 0 Å². The smallest absolute Gasteiger partial charge is 0.333 e. The van der Waals surface area contributed by atoms with Gasteiger partial charge in [0.15, 0.2) is 0 Å². The number of aromatic nitrogens is 2. The Morgan fingerprint density at radius 3 is 2.06 bits per heavy atom. The number of nitrogens with zero attached hydrogens (tertiary/aromatic N) is 2. The fourth-order valence-corrected chi connectivity index (χ4v) is 13.7. The molecule has 0 spiro atoms. The molecule has 1 aliphatic heterocycles. The van der Waals surface area contributed by atoms with Gasteiger partial charge < -0.3 is 13.9 Å². The standard InChI is InChI=1S/C42H49BrN2O6SSi/c1-8-29-17-15-16-22-33(29)34(50-30-23-25-49-26-24-30)27-44-38-35(28(2)36(43)52-38)37(46)45(40(44)48)42(6,7)39(47)51-53(41(3,4)5,31-18-11-9-12-19-31)32-20-13-10-14-21-32/h9-22,30,34H,8,23-27H2,1-7H3/t34-/m0/s1. The van der Waals surface area contributed by atoms with Gasteiger partial charge in [-0.25, -0.2) is 9.36 Å². The van der Waals surface area contributed by atoms with Crippen LogP contribution in [0.2, 0.25) is 5.04 Å². The van der Waals surface area contributed by atoms with Crippen LogP contribution in [-0.2, 0) is 37.2 Å². The van der Waals surface area contributed by atoms with Gasteiger partial charge in [0.05, 0.1) is 21.8 Å². The van der Waals surface area contributed by atoms with Gasteiger partial charge >= 0.3 is 20.0 Å². The van der Waals surface area contributed by atoms with E-state index in [0.717, 1.165) is 49.1 Å². The Balaban J connectivity index is 1.53. The van der Waals surface area contributed by atoms with Crippen molar-refractivity contribution in [1.29, 1.82) is 0 Å². The second kappa shape index (κ2) is 15.6. The molecule has 11 heteroatoms. The Morgan fingerprint density at radius 2 is 1.49 bits per heavy atom. The van der Waals surface area contributed by atoms with Gasteiger partial charge in [0.2, 0.25) is 0 Å². The van der Waals surface area contributed by atoms with Crippen LogP contribution in [0.4, 0.5) is 0 Å². The average Bonchev–Trinajstić information content (AvgIpc) is 3.45. The second-order valence-electron chi connectivity index (χ2n) is 15.3. The molecule has 1 saturated heterocycles. The number of hydrogen-bond acceptors (Lipinski definition) is 7. The number of halogens is 1. The Kier molecular flexibility index (Phi) is 11.5. The van der Waals surface area contributed by atoms with Crippen molar-refractivity contribution in [2.45, 2.75) is 97.1 Å². The largest absolute Gasteiger partial charge is 0.508 e. The number of ether oxygens (including phenoxy) is 2. The molecule has 0 N–H and O–H groups in total. The zero-order valence-electron chi connectivity index (χ0n) is 31.6. The first-order chi connectivity index (χ1) is 25.2. The fourth-order valence-electron chi connectivity index (χ4n) is 7.57. The van der Waals surface area contributed by atoms with Crippen LogP contribution >= 0.6 is 27.3 Å². The van der Waals surface area contributed by atoms with E-state index in [1.54, 1.807) is 18.4 Å². The minimum Gasteiger partial charge on any atom is -0.508 e. The maximum atomic E-state index is 15.0. The van der Waals surface area contributed by atoms with Gasteiger partial charge in [-0.15, -0.1) is 11.3 Å². The summed E-state index contributed by atoms with van der Waals surface area (Å²) in [5, 5.41) is 1.72. The quantitative estimate of drug-likeness (QED) is 0.128. The molecule has 280 valence electrons. The average molecular weight is 818 g/mol. The van der Waals surface area contributed by atoms with Gasteiger partial charge in [-0.05, 0) is 88.1 Å². The number of carbonyl (C=O) groups excluding carboxylic acids is 1.